The first kappa shape index (κ1) is 9.77. The lowest BCUT2D eigenvalue weighted by atomic mass is 10.2. The van der Waals surface area contributed by atoms with Crippen molar-refractivity contribution in [2.45, 2.75) is 13.5 Å². The van der Waals surface area contributed by atoms with Crippen LogP contribution >= 0.6 is 0 Å². The molecule has 0 fully saturated rings. The van der Waals surface area contributed by atoms with Crippen LogP contribution in [0.5, 0.6) is 5.75 Å². The average Bonchev–Trinajstić information content (AvgIpc) is 2.65. The lowest BCUT2D eigenvalue weighted by molar-refractivity contribution is 0.111. The van der Waals surface area contributed by atoms with Crippen molar-refractivity contribution in [2.75, 3.05) is 7.11 Å². The summed E-state index contributed by atoms with van der Waals surface area (Å²) in [5, 5.41) is 1.04. The van der Waals surface area contributed by atoms with E-state index in [-0.39, 0.29) is 0 Å². The van der Waals surface area contributed by atoms with Crippen LogP contribution in [-0.4, -0.2) is 18.0 Å². The van der Waals surface area contributed by atoms with Crippen LogP contribution in [0.15, 0.2) is 24.3 Å². The molecule has 0 aliphatic heterocycles. The standard InChI is InChI=1S/C12H13NO2/c1-3-13-10(8-14)6-9-7-11(15-2)4-5-12(9)13/h4-8H,3H2,1-2H3. The largest absolute Gasteiger partial charge is 0.497 e. The minimum Gasteiger partial charge on any atom is -0.497 e. The molecule has 3 heteroatoms. The van der Waals surface area contributed by atoms with Crippen LogP contribution in [0.4, 0.5) is 0 Å². The number of hydrogen-bond donors (Lipinski definition) is 0. The Kier molecular flexibility index (Phi) is 2.46. The molecule has 0 saturated heterocycles. The molecule has 0 atom stereocenters. The molecule has 2 aromatic rings. The highest BCUT2D eigenvalue weighted by Gasteiger charge is 2.06. The molecule has 0 aliphatic carbocycles. The number of benzene rings is 1. The minimum absolute atomic E-state index is 0.709. The first-order chi connectivity index (χ1) is 7.30. The van der Waals surface area contributed by atoms with Crippen molar-refractivity contribution in [3.8, 4) is 5.75 Å². The second-order valence-corrected chi connectivity index (χ2v) is 3.36. The molecule has 1 aromatic heterocycles. The monoisotopic (exact) mass is 203 g/mol. The van der Waals surface area contributed by atoms with Crippen molar-refractivity contribution in [3.05, 3.63) is 30.0 Å². The van der Waals surface area contributed by atoms with Gasteiger partial charge in [0.05, 0.1) is 12.8 Å². The fourth-order valence-corrected chi connectivity index (χ4v) is 1.85. The van der Waals surface area contributed by atoms with Crippen molar-refractivity contribution in [2.24, 2.45) is 0 Å². The Morgan fingerprint density at radius 3 is 2.80 bits per heavy atom. The van der Waals surface area contributed by atoms with Crippen molar-refractivity contribution >= 4 is 17.2 Å². The quantitative estimate of drug-likeness (QED) is 0.717. The Bertz CT molecular complexity index is 500. The molecule has 2 rings (SSSR count). The molecule has 0 bridgehead atoms. The van der Waals surface area contributed by atoms with Gasteiger partial charge < -0.3 is 9.30 Å². The second-order valence-electron chi connectivity index (χ2n) is 3.36. The summed E-state index contributed by atoms with van der Waals surface area (Å²) < 4.78 is 7.13. The van der Waals surface area contributed by atoms with Gasteiger partial charge in [-0.05, 0) is 31.2 Å². The minimum atomic E-state index is 0.709. The summed E-state index contributed by atoms with van der Waals surface area (Å²) in [6.45, 7) is 2.82. The van der Waals surface area contributed by atoms with E-state index < -0.39 is 0 Å². The SMILES string of the molecule is CCn1c(C=O)cc2cc(OC)ccc21. The Hall–Kier alpha value is -1.77. The average molecular weight is 203 g/mol. The van der Waals surface area contributed by atoms with E-state index in [9.17, 15) is 4.79 Å². The van der Waals surface area contributed by atoms with Gasteiger partial charge in [-0.25, -0.2) is 0 Å². The summed E-state index contributed by atoms with van der Waals surface area (Å²) in [5.74, 6) is 0.813. The zero-order valence-electron chi connectivity index (χ0n) is 8.86. The Balaban J connectivity index is 2.70. The molecule has 0 amide bonds. The molecule has 0 unspecified atom stereocenters. The van der Waals surface area contributed by atoms with Gasteiger partial charge in [0.2, 0.25) is 0 Å². The number of carbonyl (C=O) groups excluding carboxylic acids is 1. The van der Waals surface area contributed by atoms with E-state index in [2.05, 4.69) is 0 Å². The molecule has 0 spiro atoms. The van der Waals surface area contributed by atoms with Gasteiger partial charge in [-0.15, -0.1) is 0 Å². The normalized spacial score (nSPS) is 10.5. The topological polar surface area (TPSA) is 31.2 Å². The number of aryl methyl sites for hydroxylation is 1. The van der Waals surface area contributed by atoms with E-state index in [1.807, 2.05) is 35.8 Å². The van der Waals surface area contributed by atoms with Crippen LogP contribution in [0.1, 0.15) is 17.4 Å². The predicted octanol–water partition coefficient (Wildman–Crippen LogP) is 2.48. The van der Waals surface area contributed by atoms with Gasteiger partial charge in [0.1, 0.15) is 5.75 Å². The maximum Gasteiger partial charge on any atom is 0.166 e. The molecule has 0 radical (unpaired) electrons. The summed E-state index contributed by atoms with van der Waals surface area (Å²) in [6, 6.07) is 7.70. The van der Waals surface area contributed by atoms with E-state index in [0.29, 0.717) is 5.69 Å². The van der Waals surface area contributed by atoms with E-state index >= 15 is 0 Å². The molecule has 78 valence electrons. The van der Waals surface area contributed by atoms with Gasteiger partial charge in [0, 0.05) is 17.4 Å². The number of aldehydes is 1. The number of rotatable bonds is 3. The number of fused-ring (bicyclic) bond motifs is 1. The second kappa shape index (κ2) is 3.77. The number of aromatic nitrogens is 1. The van der Waals surface area contributed by atoms with Gasteiger partial charge in [0.25, 0.3) is 0 Å². The summed E-state index contributed by atoms with van der Waals surface area (Å²) in [5.41, 5.74) is 1.78. The summed E-state index contributed by atoms with van der Waals surface area (Å²) in [4.78, 5) is 10.9. The van der Waals surface area contributed by atoms with Crippen LogP contribution in [0.3, 0.4) is 0 Å². The van der Waals surface area contributed by atoms with Crippen LogP contribution in [-0.2, 0) is 6.54 Å². The molecule has 0 saturated carbocycles. The fraction of sp³-hybridized carbons (Fsp3) is 0.250. The van der Waals surface area contributed by atoms with Crippen LogP contribution in [0.25, 0.3) is 10.9 Å². The third-order valence-electron chi connectivity index (χ3n) is 2.58. The molecule has 3 nitrogen and oxygen atoms in total. The number of nitrogens with zero attached hydrogens (tertiary/aromatic N) is 1. The molecule has 15 heavy (non-hydrogen) atoms. The van der Waals surface area contributed by atoms with Crippen molar-refractivity contribution in [3.63, 3.8) is 0 Å². The summed E-state index contributed by atoms with van der Waals surface area (Å²) >= 11 is 0. The molecule has 1 aromatic carbocycles. The van der Waals surface area contributed by atoms with E-state index in [0.717, 1.165) is 29.5 Å². The molecular formula is C12H13NO2. The number of hydrogen-bond acceptors (Lipinski definition) is 2. The Labute approximate surface area is 88.3 Å². The lowest BCUT2D eigenvalue weighted by Crippen LogP contribution is -1.98. The zero-order valence-corrected chi connectivity index (χ0v) is 8.86. The predicted molar refractivity (Wildman–Crippen MR) is 59.6 cm³/mol. The molecule has 0 aliphatic rings. The number of ether oxygens (including phenoxy) is 1. The highest BCUT2D eigenvalue weighted by molar-refractivity contribution is 5.89. The number of carbonyl (C=O) groups is 1. The molecular weight excluding hydrogens is 190 g/mol. The Morgan fingerprint density at radius 2 is 2.20 bits per heavy atom. The van der Waals surface area contributed by atoms with Crippen molar-refractivity contribution in [1.29, 1.82) is 0 Å². The summed E-state index contributed by atoms with van der Waals surface area (Å²) in [7, 11) is 1.64. The van der Waals surface area contributed by atoms with E-state index in [1.165, 1.54) is 0 Å². The van der Waals surface area contributed by atoms with Gasteiger partial charge in [-0.3, -0.25) is 4.79 Å². The van der Waals surface area contributed by atoms with Gasteiger partial charge in [-0.1, -0.05) is 0 Å². The summed E-state index contributed by atoms with van der Waals surface area (Å²) in [6.07, 6.45) is 0.885. The van der Waals surface area contributed by atoms with Crippen molar-refractivity contribution < 1.29 is 9.53 Å². The van der Waals surface area contributed by atoms with Crippen LogP contribution in [0, 0.1) is 0 Å². The third-order valence-corrected chi connectivity index (χ3v) is 2.58. The van der Waals surface area contributed by atoms with Crippen molar-refractivity contribution in [1.82, 2.24) is 4.57 Å². The maximum absolute atomic E-state index is 10.9. The van der Waals surface area contributed by atoms with Gasteiger partial charge in [0.15, 0.2) is 6.29 Å². The molecule has 1 heterocycles. The lowest BCUT2D eigenvalue weighted by Gasteiger charge is -2.03. The fourth-order valence-electron chi connectivity index (χ4n) is 1.85. The van der Waals surface area contributed by atoms with Gasteiger partial charge in [-0.2, -0.15) is 0 Å². The van der Waals surface area contributed by atoms with E-state index in [4.69, 9.17) is 4.74 Å². The van der Waals surface area contributed by atoms with Gasteiger partial charge >= 0.3 is 0 Å². The smallest absolute Gasteiger partial charge is 0.166 e. The third kappa shape index (κ3) is 1.50. The first-order valence-electron chi connectivity index (χ1n) is 4.92. The van der Waals surface area contributed by atoms with Crippen LogP contribution < -0.4 is 4.74 Å². The highest BCUT2D eigenvalue weighted by atomic mass is 16.5. The first-order valence-corrected chi connectivity index (χ1v) is 4.92. The number of methoxy groups -OCH3 is 1. The molecule has 0 N–H and O–H groups in total. The zero-order chi connectivity index (χ0) is 10.8. The van der Waals surface area contributed by atoms with E-state index in [1.54, 1.807) is 7.11 Å². The highest BCUT2D eigenvalue weighted by Crippen LogP contribution is 2.23. The van der Waals surface area contributed by atoms with Crippen LogP contribution in [0.2, 0.25) is 0 Å². The Morgan fingerprint density at radius 1 is 1.40 bits per heavy atom. The maximum atomic E-state index is 10.9.